The molecule has 4 aromatic rings. The maximum absolute atomic E-state index is 13.5. The number of furan rings is 1. The van der Waals surface area contributed by atoms with E-state index >= 15 is 0 Å². The van der Waals surface area contributed by atoms with Crippen LogP contribution in [0.5, 0.6) is 0 Å². The molecule has 1 saturated heterocycles. The number of fused-ring (bicyclic) bond motifs is 1. The lowest BCUT2D eigenvalue weighted by Crippen LogP contribution is -2.30. The molecule has 2 aromatic carbocycles. The molecule has 5 heteroatoms. The van der Waals surface area contributed by atoms with E-state index in [1.54, 1.807) is 23.5 Å². The monoisotopic (exact) mass is 420 g/mol. The number of rotatable bonds is 5. The van der Waals surface area contributed by atoms with E-state index in [9.17, 15) is 4.39 Å². The number of thiophene rings is 1. The van der Waals surface area contributed by atoms with Crippen LogP contribution < -0.4 is 0 Å². The molecule has 0 spiro atoms. The van der Waals surface area contributed by atoms with Crippen LogP contribution in [0.1, 0.15) is 17.7 Å². The van der Waals surface area contributed by atoms with Crippen LogP contribution in [-0.2, 0) is 13.1 Å². The van der Waals surface area contributed by atoms with Crippen LogP contribution >= 0.6 is 11.3 Å². The molecule has 0 bridgehead atoms. The van der Waals surface area contributed by atoms with Crippen molar-refractivity contribution in [3.63, 3.8) is 0 Å². The van der Waals surface area contributed by atoms with Gasteiger partial charge in [0.25, 0.3) is 0 Å². The van der Waals surface area contributed by atoms with Gasteiger partial charge in [-0.2, -0.15) is 11.3 Å². The Kier molecular flexibility index (Phi) is 5.67. The summed E-state index contributed by atoms with van der Waals surface area (Å²) in [7, 11) is 0. The second-order valence-electron chi connectivity index (χ2n) is 8.01. The lowest BCUT2D eigenvalue weighted by atomic mass is 10.1. The Balaban J connectivity index is 1.23. The SMILES string of the molecule is Fc1cccc(CN2CCCN(Cc3cc4cc(-c5ccsc5)ccc4o3)CC2)c1. The summed E-state index contributed by atoms with van der Waals surface area (Å²) < 4.78 is 19.6. The summed E-state index contributed by atoms with van der Waals surface area (Å²) in [5, 5.41) is 5.45. The van der Waals surface area contributed by atoms with Crippen LogP contribution in [-0.4, -0.2) is 36.0 Å². The summed E-state index contributed by atoms with van der Waals surface area (Å²) in [6, 6.07) is 17.7. The number of nitrogens with zero attached hydrogens (tertiary/aromatic N) is 2. The van der Waals surface area contributed by atoms with E-state index in [1.165, 1.54) is 17.2 Å². The highest BCUT2D eigenvalue weighted by atomic mass is 32.1. The number of benzene rings is 2. The van der Waals surface area contributed by atoms with Gasteiger partial charge in [0.05, 0.1) is 6.54 Å². The van der Waals surface area contributed by atoms with Gasteiger partial charge >= 0.3 is 0 Å². The lowest BCUT2D eigenvalue weighted by molar-refractivity contribution is 0.236. The van der Waals surface area contributed by atoms with E-state index in [2.05, 4.69) is 50.9 Å². The lowest BCUT2D eigenvalue weighted by Gasteiger charge is -2.21. The van der Waals surface area contributed by atoms with Crippen molar-refractivity contribution in [2.45, 2.75) is 19.5 Å². The first-order chi connectivity index (χ1) is 14.7. The molecule has 1 aliphatic heterocycles. The van der Waals surface area contributed by atoms with E-state index in [-0.39, 0.29) is 5.82 Å². The fraction of sp³-hybridized carbons (Fsp3) is 0.280. The molecule has 3 nitrogen and oxygen atoms in total. The van der Waals surface area contributed by atoms with Crippen molar-refractivity contribution >= 4 is 22.3 Å². The Morgan fingerprint density at radius 3 is 2.53 bits per heavy atom. The first-order valence-corrected chi connectivity index (χ1v) is 11.4. The Labute approximate surface area is 180 Å². The molecule has 0 saturated carbocycles. The summed E-state index contributed by atoms with van der Waals surface area (Å²) in [6.45, 7) is 5.71. The van der Waals surface area contributed by atoms with Crippen molar-refractivity contribution < 1.29 is 8.81 Å². The van der Waals surface area contributed by atoms with Crippen LogP contribution in [0.15, 0.2) is 69.8 Å². The standard InChI is InChI=1S/C25H25FN2OS/c26-23-4-1-3-19(13-23)16-27-8-2-9-28(11-10-27)17-24-15-22-14-20(5-6-25(22)29-24)21-7-12-30-18-21/h1,3-7,12-15,18H,2,8-11,16-17H2. The normalized spacial score (nSPS) is 16.2. The van der Waals surface area contributed by atoms with Crippen molar-refractivity contribution in [3.05, 3.63) is 82.5 Å². The summed E-state index contributed by atoms with van der Waals surface area (Å²) in [6.07, 6.45) is 1.11. The Morgan fingerprint density at radius 1 is 0.867 bits per heavy atom. The number of hydrogen-bond acceptors (Lipinski definition) is 4. The summed E-state index contributed by atoms with van der Waals surface area (Å²) >= 11 is 1.72. The predicted octanol–water partition coefficient (Wildman–Crippen LogP) is 6.01. The Morgan fingerprint density at radius 2 is 1.73 bits per heavy atom. The molecule has 0 amide bonds. The molecule has 1 aliphatic rings. The van der Waals surface area contributed by atoms with Gasteiger partial charge in [-0.3, -0.25) is 9.80 Å². The van der Waals surface area contributed by atoms with Gasteiger partial charge in [-0.25, -0.2) is 4.39 Å². The fourth-order valence-corrected chi connectivity index (χ4v) is 4.90. The molecular formula is C25H25FN2OS. The average Bonchev–Trinajstić information content (AvgIpc) is 3.35. The second kappa shape index (κ2) is 8.72. The molecule has 0 N–H and O–H groups in total. The van der Waals surface area contributed by atoms with Crippen molar-refractivity contribution in [2.24, 2.45) is 0 Å². The molecule has 0 unspecified atom stereocenters. The van der Waals surface area contributed by atoms with Gasteiger partial charge < -0.3 is 4.42 Å². The quantitative estimate of drug-likeness (QED) is 0.394. The molecular weight excluding hydrogens is 395 g/mol. The highest BCUT2D eigenvalue weighted by Gasteiger charge is 2.17. The van der Waals surface area contributed by atoms with Gasteiger partial charge in [0.15, 0.2) is 0 Å². The fourth-order valence-electron chi connectivity index (χ4n) is 4.24. The van der Waals surface area contributed by atoms with E-state index in [0.29, 0.717) is 0 Å². The van der Waals surface area contributed by atoms with E-state index in [4.69, 9.17) is 4.42 Å². The van der Waals surface area contributed by atoms with Gasteiger partial charge in [0.1, 0.15) is 17.2 Å². The maximum atomic E-state index is 13.5. The van der Waals surface area contributed by atoms with Crippen LogP contribution in [0.4, 0.5) is 4.39 Å². The Bertz CT molecular complexity index is 1120. The maximum Gasteiger partial charge on any atom is 0.134 e. The van der Waals surface area contributed by atoms with Crippen molar-refractivity contribution in [1.82, 2.24) is 9.80 Å². The van der Waals surface area contributed by atoms with Gasteiger partial charge in [-0.15, -0.1) is 0 Å². The minimum absolute atomic E-state index is 0.156. The predicted molar refractivity (Wildman–Crippen MR) is 121 cm³/mol. The third-order valence-corrected chi connectivity index (χ3v) is 6.46. The molecule has 0 aliphatic carbocycles. The molecule has 2 aromatic heterocycles. The summed E-state index contributed by atoms with van der Waals surface area (Å²) in [5.41, 5.74) is 4.49. The molecule has 3 heterocycles. The van der Waals surface area contributed by atoms with Gasteiger partial charge in [0.2, 0.25) is 0 Å². The number of halogens is 1. The van der Waals surface area contributed by atoms with Crippen molar-refractivity contribution in [2.75, 3.05) is 26.2 Å². The summed E-state index contributed by atoms with van der Waals surface area (Å²) in [5.74, 6) is 0.863. The molecule has 5 rings (SSSR count). The third kappa shape index (κ3) is 4.48. The smallest absolute Gasteiger partial charge is 0.134 e. The zero-order valence-electron chi connectivity index (χ0n) is 16.9. The highest BCUT2D eigenvalue weighted by Crippen LogP contribution is 2.28. The van der Waals surface area contributed by atoms with E-state index in [0.717, 1.165) is 68.0 Å². The van der Waals surface area contributed by atoms with Gasteiger partial charge in [0, 0.05) is 25.0 Å². The van der Waals surface area contributed by atoms with Crippen LogP contribution in [0.2, 0.25) is 0 Å². The van der Waals surface area contributed by atoms with E-state index in [1.807, 2.05) is 6.07 Å². The molecule has 0 atom stereocenters. The van der Waals surface area contributed by atoms with Gasteiger partial charge in [-0.1, -0.05) is 18.2 Å². The van der Waals surface area contributed by atoms with Crippen LogP contribution in [0.25, 0.3) is 22.1 Å². The molecule has 154 valence electrons. The summed E-state index contributed by atoms with van der Waals surface area (Å²) in [4.78, 5) is 4.88. The zero-order chi connectivity index (χ0) is 20.3. The topological polar surface area (TPSA) is 19.6 Å². The van der Waals surface area contributed by atoms with E-state index < -0.39 is 0 Å². The third-order valence-electron chi connectivity index (χ3n) is 5.78. The van der Waals surface area contributed by atoms with Crippen molar-refractivity contribution in [3.8, 4) is 11.1 Å². The molecule has 0 radical (unpaired) electrons. The van der Waals surface area contributed by atoms with Crippen LogP contribution in [0, 0.1) is 5.82 Å². The van der Waals surface area contributed by atoms with Crippen LogP contribution in [0.3, 0.4) is 0 Å². The number of hydrogen-bond donors (Lipinski definition) is 0. The van der Waals surface area contributed by atoms with Gasteiger partial charge in [-0.05, 0) is 83.4 Å². The largest absolute Gasteiger partial charge is 0.460 e. The molecule has 1 fully saturated rings. The second-order valence-corrected chi connectivity index (χ2v) is 8.79. The van der Waals surface area contributed by atoms with Crippen molar-refractivity contribution in [1.29, 1.82) is 0 Å². The first kappa shape index (κ1) is 19.5. The molecule has 30 heavy (non-hydrogen) atoms. The average molecular weight is 421 g/mol. The first-order valence-electron chi connectivity index (χ1n) is 10.5. The highest BCUT2D eigenvalue weighted by molar-refractivity contribution is 7.08. The zero-order valence-corrected chi connectivity index (χ0v) is 17.7. The Hall–Kier alpha value is -2.47. The minimum atomic E-state index is -0.156. The minimum Gasteiger partial charge on any atom is -0.460 e.